The first-order chi connectivity index (χ1) is 11.9. The largest absolute Gasteiger partial charge is 0.506 e. The zero-order valence-electron chi connectivity index (χ0n) is 14.8. The van der Waals surface area contributed by atoms with Crippen LogP contribution in [0.15, 0.2) is 62.4 Å². The number of hydrogen-bond donors (Lipinski definition) is 1. The number of rotatable bonds is 5. The molecule has 1 aromatic carbocycles. The van der Waals surface area contributed by atoms with Crippen LogP contribution in [-0.2, 0) is 5.41 Å². The maximum Gasteiger partial charge on any atom is 0.336 e. The molecule has 0 saturated heterocycles. The number of phenols is 1. The number of furan rings is 1. The maximum atomic E-state index is 11.8. The highest BCUT2D eigenvalue weighted by Crippen LogP contribution is 2.44. The van der Waals surface area contributed by atoms with E-state index in [0.717, 1.165) is 18.4 Å². The Kier molecular flexibility index (Phi) is 4.29. The van der Waals surface area contributed by atoms with Gasteiger partial charge in [-0.3, -0.25) is 0 Å². The van der Waals surface area contributed by atoms with Gasteiger partial charge in [0.05, 0.1) is 17.0 Å². The second-order valence-electron chi connectivity index (χ2n) is 6.83. The predicted octanol–water partition coefficient (Wildman–Crippen LogP) is 5.43. The Bertz CT molecular complexity index is 1030. The van der Waals surface area contributed by atoms with Crippen LogP contribution >= 0.6 is 0 Å². The SMILES string of the molecule is C=CC(C)(CCC=C(C)C)c1c2occc2c(O)c2ccc(=O)oc12. The predicted molar refractivity (Wildman–Crippen MR) is 100 cm³/mol. The molecular formula is C21H22O4. The first kappa shape index (κ1) is 17.1. The Morgan fingerprint density at radius 2 is 1.96 bits per heavy atom. The lowest BCUT2D eigenvalue weighted by molar-refractivity contribution is 0.479. The zero-order chi connectivity index (χ0) is 18.2. The van der Waals surface area contributed by atoms with Gasteiger partial charge >= 0.3 is 5.63 Å². The van der Waals surface area contributed by atoms with E-state index >= 15 is 0 Å². The summed E-state index contributed by atoms with van der Waals surface area (Å²) < 4.78 is 11.2. The molecule has 2 heterocycles. The Balaban J connectivity index is 2.34. The standard InChI is InChI=1S/C21H22O4/c1-5-21(4,11-6-7-13(2)3)17-19-15(10-12-24-19)18(23)14-8-9-16(22)25-20(14)17/h5,7-10,12,23H,1,6,11H2,2-4H3. The van der Waals surface area contributed by atoms with Crippen LogP contribution in [0, 0.1) is 0 Å². The van der Waals surface area contributed by atoms with E-state index < -0.39 is 11.0 Å². The minimum Gasteiger partial charge on any atom is -0.506 e. The Hall–Kier alpha value is -2.75. The summed E-state index contributed by atoms with van der Waals surface area (Å²) in [4.78, 5) is 11.8. The van der Waals surface area contributed by atoms with E-state index in [0.29, 0.717) is 21.9 Å². The summed E-state index contributed by atoms with van der Waals surface area (Å²) >= 11 is 0. The molecule has 4 nitrogen and oxygen atoms in total. The lowest BCUT2D eigenvalue weighted by Crippen LogP contribution is -2.20. The molecule has 2 aromatic heterocycles. The highest BCUT2D eigenvalue weighted by Gasteiger charge is 2.31. The zero-order valence-corrected chi connectivity index (χ0v) is 14.8. The molecule has 0 fully saturated rings. The first-order valence-electron chi connectivity index (χ1n) is 8.31. The van der Waals surface area contributed by atoms with Crippen molar-refractivity contribution in [3.8, 4) is 5.75 Å². The topological polar surface area (TPSA) is 63.6 Å². The maximum absolute atomic E-state index is 11.8. The molecule has 25 heavy (non-hydrogen) atoms. The summed E-state index contributed by atoms with van der Waals surface area (Å²) in [5.74, 6) is 0.0574. The van der Waals surface area contributed by atoms with Crippen molar-refractivity contribution in [1.29, 1.82) is 0 Å². The lowest BCUT2D eigenvalue weighted by atomic mass is 9.77. The molecule has 1 N–H and O–H groups in total. The van der Waals surface area contributed by atoms with Crippen LogP contribution in [0.4, 0.5) is 0 Å². The molecule has 0 saturated carbocycles. The third kappa shape index (κ3) is 2.88. The second-order valence-corrected chi connectivity index (χ2v) is 6.83. The molecule has 0 aliphatic carbocycles. The smallest absolute Gasteiger partial charge is 0.336 e. The van der Waals surface area contributed by atoms with Gasteiger partial charge in [-0.05, 0) is 38.8 Å². The number of hydrogen-bond acceptors (Lipinski definition) is 4. The molecular weight excluding hydrogens is 316 g/mol. The summed E-state index contributed by atoms with van der Waals surface area (Å²) in [5.41, 5.74) is 1.93. The molecule has 3 rings (SSSR count). The van der Waals surface area contributed by atoms with Gasteiger partial charge in [0.15, 0.2) is 0 Å². The van der Waals surface area contributed by atoms with Gasteiger partial charge < -0.3 is 13.9 Å². The monoisotopic (exact) mass is 338 g/mol. The van der Waals surface area contributed by atoms with Crippen LogP contribution in [0.2, 0.25) is 0 Å². The minimum atomic E-state index is -0.481. The van der Waals surface area contributed by atoms with Crippen LogP contribution in [0.25, 0.3) is 21.9 Å². The molecule has 3 aromatic rings. The van der Waals surface area contributed by atoms with E-state index in [-0.39, 0.29) is 5.75 Å². The van der Waals surface area contributed by atoms with E-state index in [4.69, 9.17) is 8.83 Å². The fraction of sp³-hybridized carbons (Fsp3) is 0.286. The third-order valence-corrected chi connectivity index (χ3v) is 4.70. The molecule has 0 aliphatic rings. The Morgan fingerprint density at radius 1 is 1.24 bits per heavy atom. The third-order valence-electron chi connectivity index (χ3n) is 4.70. The fourth-order valence-electron chi connectivity index (χ4n) is 3.23. The van der Waals surface area contributed by atoms with E-state index in [9.17, 15) is 9.90 Å². The van der Waals surface area contributed by atoms with Crippen molar-refractivity contribution < 1.29 is 13.9 Å². The van der Waals surface area contributed by atoms with Crippen molar-refractivity contribution in [3.05, 3.63) is 64.7 Å². The van der Waals surface area contributed by atoms with Gasteiger partial charge in [-0.15, -0.1) is 6.58 Å². The van der Waals surface area contributed by atoms with Gasteiger partial charge in [-0.2, -0.15) is 0 Å². The average molecular weight is 338 g/mol. The van der Waals surface area contributed by atoms with Crippen molar-refractivity contribution >= 4 is 21.9 Å². The van der Waals surface area contributed by atoms with Crippen molar-refractivity contribution in [3.63, 3.8) is 0 Å². The minimum absolute atomic E-state index is 0.0574. The molecule has 4 heteroatoms. The van der Waals surface area contributed by atoms with Crippen molar-refractivity contribution in [2.75, 3.05) is 0 Å². The molecule has 1 unspecified atom stereocenters. The van der Waals surface area contributed by atoms with Gasteiger partial charge in [0.25, 0.3) is 0 Å². The van der Waals surface area contributed by atoms with Crippen molar-refractivity contribution in [2.24, 2.45) is 0 Å². The van der Waals surface area contributed by atoms with Crippen LogP contribution in [0.1, 0.15) is 39.2 Å². The lowest BCUT2D eigenvalue weighted by Gasteiger charge is -2.27. The van der Waals surface area contributed by atoms with Crippen LogP contribution in [0.5, 0.6) is 5.75 Å². The number of benzene rings is 1. The van der Waals surface area contributed by atoms with Crippen LogP contribution in [0.3, 0.4) is 0 Å². The van der Waals surface area contributed by atoms with Gasteiger partial charge in [0, 0.05) is 17.0 Å². The summed E-state index contributed by atoms with van der Waals surface area (Å²) in [5, 5.41) is 11.6. The number of fused-ring (bicyclic) bond motifs is 2. The van der Waals surface area contributed by atoms with E-state index in [1.165, 1.54) is 17.9 Å². The first-order valence-corrected chi connectivity index (χ1v) is 8.31. The summed E-state index contributed by atoms with van der Waals surface area (Å²) in [7, 11) is 0. The van der Waals surface area contributed by atoms with Gasteiger partial charge in [0.1, 0.15) is 16.9 Å². The van der Waals surface area contributed by atoms with Gasteiger partial charge in [0.2, 0.25) is 0 Å². The summed E-state index contributed by atoms with van der Waals surface area (Å²) in [6, 6.07) is 4.62. The number of phenolic OH excluding ortho intramolecular Hbond substituents is 1. The molecule has 0 radical (unpaired) electrons. The van der Waals surface area contributed by atoms with Gasteiger partial charge in [-0.25, -0.2) is 4.79 Å². The Morgan fingerprint density at radius 3 is 2.64 bits per heavy atom. The van der Waals surface area contributed by atoms with E-state index in [2.05, 4.69) is 26.5 Å². The molecule has 0 amide bonds. The average Bonchev–Trinajstić information content (AvgIpc) is 3.04. The Labute approximate surface area is 146 Å². The van der Waals surface area contributed by atoms with Crippen molar-refractivity contribution in [2.45, 2.75) is 39.0 Å². The number of allylic oxidation sites excluding steroid dienone is 3. The molecule has 0 spiro atoms. The quantitative estimate of drug-likeness (QED) is 0.497. The summed E-state index contributed by atoms with van der Waals surface area (Å²) in [6.45, 7) is 10.2. The highest BCUT2D eigenvalue weighted by atomic mass is 16.4. The number of aromatic hydroxyl groups is 1. The molecule has 0 bridgehead atoms. The fourth-order valence-corrected chi connectivity index (χ4v) is 3.23. The van der Waals surface area contributed by atoms with Crippen LogP contribution < -0.4 is 5.63 Å². The highest BCUT2D eigenvalue weighted by molar-refractivity contribution is 6.04. The summed E-state index contributed by atoms with van der Waals surface area (Å²) in [6.07, 6.45) is 7.18. The molecule has 1 atom stereocenters. The molecule has 130 valence electrons. The van der Waals surface area contributed by atoms with Gasteiger partial charge in [-0.1, -0.05) is 24.6 Å². The van der Waals surface area contributed by atoms with E-state index in [1.54, 1.807) is 12.1 Å². The second kappa shape index (κ2) is 6.28. The van der Waals surface area contributed by atoms with Crippen molar-refractivity contribution in [1.82, 2.24) is 0 Å². The van der Waals surface area contributed by atoms with Crippen LogP contribution in [-0.4, -0.2) is 5.11 Å². The van der Waals surface area contributed by atoms with E-state index in [1.807, 2.05) is 13.0 Å². The normalized spacial score (nSPS) is 13.7. The molecule has 0 aliphatic heterocycles.